The van der Waals surface area contributed by atoms with Crippen LogP contribution >= 0.6 is 22.9 Å². The maximum absolute atomic E-state index is 12.1. The lowest BCUT2D eigenvalue weighted by Gasteiger charge is -2.14. The van der Waals surface area contributed by atoms with Crippen LogP contribution in [0.3, 0.4) is 0 Å². The quantitative estimate of drug-likeness (QED) is 0.933. The molecule has 0 bridgehead atoms. The molecular formula is C14H15ClN2OS. The van der Waals surface area contributed by atoms with Gasteiger partial charge in [0.05, 0.1) is 16.6 Å². The molecule has 1 atom stereocenters. The van der Waals surface area contributed by atoms with Crippen molar-refractivity contribution in [1.29, 1.82) is 0 Å². The molecule has 0 fully saturated rings. The minimum Gasteiger partial charge on any atom is -0.345 e. The van der Waals surface area contributed by atoms with E-state index in [9.17, 15) is 4.79 Å². The Morgan fingerprint density at radius 3 is 2.79 bits per heavy atom. The third kappa shape index (κ3) is 3.14. The molecule has 19 heavy (non-hydrogen) atoms. The maximum atomic E-state index is 12.1. The number of amides is 1. The summed E-state index contributed by atoms with van der Waals surface area (Å²) in [6, 6.07) is 3.69. The predicted octanol–water partition coefficient (Wildman–Crippen LogP) is 3.90. The molecule has 2 rings (SSSR count). The molecule has 3 nitrogen and oxygen atoms in total. The van der Waals surface area contributed by atoms with Crippen LogP contribution in [0, 0.1) is 13.8 Å². The molecule has 0 saturated carbocycles. The van der Waals surface area contributed by atoms with Crippen molar-refractivity contribution >= 4 is 28.8 Å². The zero-order valence-electron chi connectivity index (χ0n) is 11.0. The Morgan fingerprint density at radius 2 is 2.21 bits per heavy atom. The van der Waals surface area contributed by atoms with E-state index in [1.807, 2.05) is 6.92 Å². The lowest BCUT2D eigenvalue weighted by Crippen LogP contribution is -2.27. The first kappa shape index (κ1) is 14.0. The van der Waals surface area contributed by atoms with Crippen molar-refractivity contribution in [2.24, 2.45) is 0 Å². The molecule has 0 aliphatic rings. The number of aryl methyl sites for hydroxylation is 2. The number of rotatable bonds is 3. The summed E-state index contributed by atoms with van der Waals surface area (Å²) in [6.07, 6.45) is 3.03. The molecule has 2 aromatic rings. The fourth-order valence-electron chi connectivity index (χ4n) is 1.99. The summed E-state index contributed by atoms with van der Waals surface area (Å²) in [5, 5.41) is 3.33. The normalized spacial score (nSPS) is 12.2. The molecule has 0 aromatic carbocycles. The number of nitrogens with zero attached hydrogens (tertiary/aromatic N) is 1. The second-order valence-electron chi connectivity index (χ2n) is 4.42. The van der Waals surface area contributed by atoms with E-state index in [0.717, 1.165) is 5.56 Å². The van der Waals surface area contributed by atoms with Crippen LogP contribution in [0.2, 0.25) is 5.02 Å². The maximum Gasteiger partial charge on any atom is 0.253 e. The lowest BCUT2D eigenvalue weighted by atomic mass is 10.1. The Balaban J connectivity index is 2.15. The summed E-state index contributed by atoms with van der Waals surface area (Å²) in [6.45, 7) is 6.10. The van der Waals surface area contributed by atoms with E-state index in [1.165, 1.54) is 16.0 Å². The van der Waals surface area contributed by atoms with Gasteiger partial charge in [0, 0.05) is 22.1 Å². The SMILES string of the molecule is Cc1cc([C@@H](C)NC(=O)c2ccncc2Cl)c(C)s1. The molecule has 0 aliphatic carbocycles. The van der Waals surface area contributed by atoms with Crippen molar-refractivity contribution in [1.82, 2.24) is 10.3 Å². The van der Waals surface area contributed by atoms with E-state index in [1.54, 1.807) is 23.6 Å². The average Bonchev–Trinajstić information content (AvgIpc) is 2.69. The number of pyridine rings is 1. The van der Waals surface area contributed by atoms with Gasteiger partial charge in [0.2, 0.25) is 0 Å². The first-order chi connectivity index (χ1) is 8.99. The van der Waals surface area contributed by atoms with Crippen LogP contribution in [0.1, 0.15) is 38.6 Å². The van der Waals surface area contributed by atoms with E-state index in [-0.39, 0.29) is 11.9 Å². The smallest absolute Gasteiger partial charge is 0.253 e. The molecule has 0 saturated heterocycles. The van der Waals surface area contributed by atoms with Gasteiger partial charge in [0.25, 0.3) is 5.91 Å². The van der Waals surface area contributed by atoms with Crippen molar-refractivity contribution < 1.29 is 4.79 Å². The van der Waals surface area contributed by atoms with Crippen LogP contribution < -0.4 is 5.32 Å². The highest BCUT2D eigenvalue weighted by molar-refractivity contribution is 7.12. The highest BCUT2D eigenvalue weighted by Crippen LogP contribution is 2.26. The Morgan fingerprint density at radius 1 is 1.47 bits per heavy atom. The molecule has 100 valence electrons. The van der Waals surface area contributed by atoms with Crippen LogP contribution in [-0.2, 0) is 0 Å². The van der Waals surface area contributed by atoms with E-state index in [4.69, 9.17) is 11.6 Å². The monoisotopic (exact) mass is 294 g/mol. The zero-order valence-corrected chi connectivity index (χ0v) is 12.6. The largest absolute Gasteiger partial charge is 0.345 e. The van der Waals surface area contributed by atoms with Crippen LogP contribution in [0.25, 0.3) is 0 Å². The van der Waals surface area contributed by atoms with Gasteiger partial charge in [0.15, 0.2) is 0 Å². The number of aromatic nitrogens is 1. The fourth-order valence-corrected chi connectivity index (χ4v) is 3.22. The standard InChI is InChI=1S/C14H15ClN2OS/c1-8-6-12(10(3)19-8)9(2)17-14(18)11-4-5-16-7-13(11)15/h4-7,9H,1-3H3,(H,17,18)/t9-/m1/s1. The molecule has 1 amide bonds. The first-order valence-electron chi connectivity index (χ1n) is 5.96. The fraction of sp³-hybridized carbons (Fsp3) is 0.286. The van der Waals surface area contributed by atoms with Gasteiger partial charge < -0.3 is 5.32 Å². The van der Waals surface area contributed by atoms with Gasteiger partial charge in [-0.05, 0) is 38.5 Å². The molecule has 2 heterocycles. The molecule has 0 aliphatic heterocycles. The minimum absolute atomic E-state index is 0.0401. The van der Waals surface area contributed by atoms with E-state index < -0.39 is 0 Å². The summed E-state index contributed by atoms with van der Waals surface area (Å²) in [7, 11) is 0. The topological polar surface area (TPSA) is 42.0 Å². The van der Waals surface area contributed by atoms with Gasteiger partial charge in [-0.3, -0.25) is 9.78 Å². The van der Waals surface area contributed by atoms with E-state index in [2.05, 4.69) is 30.2 Å². The van der Waals surface area contributed by atoms with E-state index >= 15 is 0 Å². The number of carbonyl (C=O) groups is 1. The van der Waals surface area contributed by atoms with Gasteiger partial charge in [0.1, 0.15) is 0 Å². The molecule has 5 heteroatoms. The number of nitrogens with one attached hydrogen (secondary N) is 1. The molecular weight excluding hydrogens is 280 g/mol. The number of hydrogen-bond acceptors (Lipinski definition) is 3. The second kappa shape index (κ2) is 5.72. The Labute approximate surface area is 121 Å². The van der Waals surface area contributed by atoms with E-state index in [0.29, 0.717) is 10.6 Å². The number of thiophene rings is 1. The highest BCUT2D eigenvalue weighted by atomic mass is 35.5. The molecule has 0 unspecified atom stereocenters. The van der Waals surface area contributed by atoms with Gasteiger partial charge >= 0.3 is 0 Å². The summed E-state index contributed by atoms with van der Waals surface area (Å²) in [4.78, 5) is 18.5. The Kier molecular flexibility index (Phi) is 4.22. The summed E-state index contributed by atoms with van der Waals surface area (Å²) >= 11 is 7.70. The van der Waals surface area contributed by atoms with Gasteiger partial charge in [-0.15, -0.1) is 11.3 Å². The highest BCUT2D eigenvalue weighted by Gasteiger charge is 2.16. The molecule has 0 radical (unpaired) electrons. The van der Waals surface area contributed by atoms with Crippen molar-refractivity contribution in [2.75, 3.05) is 0 Å². The second-order valence-corrected chi connectivity index (χ2v) is 6.29. The summed E-state index contributed by atoms with van der Waals surface area (Å²) in [5.74, 6) is -0.178. The first-order valence-corrected chi connectivity index (χ1v) is 7.15. The van der Waals surface area contributed by atoms with Crippen LogP contribution in [0.5, 0.6) is 0 Å². The predicted molar refractivity (Wildman–Crippen MR) is 78.9 cm³/mol. The summed E-state index contributed by atoms with van der Waals surface area (Å²) in [5.41, 5.74) is 1.61. The van der Waals surface area contributed by atoms with Crippen LogP contribution in [0.4, 0.5) is 0 Å². The third-order valence-corrected chi connectivity index (χ3v) is 4.19. The number of halogens is 1. The number of hydrogen-bond donors (Lipinski definition) is 1. The average molecular weight is 295 g/mol. The number of carbonyl (C=O) groups excluding carboxylic acids is 1. The Bertz CT molecular complexity index is 609. The van der Waals surface area contributed by atoms with Crippen molar-refractivity contribution in [3.8, 4) is 0 Å². The van der Waals surface area contributed by atoms with Crippen LogP contribution in [0.15, 0.2) is 24.5 Å². The zero-order chi connectivity index (χ0) is 14.0. The van der Waals surface area contributed by atoms with Crippen molar-refractivity contribution in [2.45, 2.75) is 26.8 Å². The van der Waals surface area contributed by atoms with Gasteiger partial charge in [-0.2, -0.15) is 0 Å². The van der Waals surface area contributed by atoms with Crippen LogP contribution in [-0.4, -0.2) is 10.9 Å². The van der Waals surface area contributed by atoms with Gasteiger partial charge in [-0.1, -0.05) is 11.6 Å². The lowest BCUT2D eigenvalue weighted by molar-refractivity contribution is 0.0940. The summed E-state index contributed by atoms with van der Waals surface area (Å²) < 4.78 is 0. The van der Waals surface area contributed by atoms with Crippen molar-refractivity contribution in [3.05, 3.63) is 50.4 Å². The molecule has 1 N–H and O–H groups in total. The molecule has 0 spiro atoms. The Hall–Kier alpha value is -1.39. The third-order valence-electron chi connectivity index (χ3n) is 2.91. The minimum atomic E-state index is -0.178. The van der Waals surface area contributed by atoms with Gasteiger partial charge in [-0.25, -0.2) is 0 Å². The van der Waals surface area contributed by atoms with Crippen molar-refractivity contribution in [3.63, 3.8) is 0 Å². The molecule has 2 aromatic heterocycles.